The Morgan fingerprint density at radius 2 is 1.10 bits per heavy atom. The largest absolute Gasteiger partial charge is 0.0933 e. The first-order chi connectivity index (χ1) is 28.1. The molecular formula is C54H64S4. The second-order valence-electron chi connectivity index (χ2n) is 17.9. The number of hydrogen-bond donors (Lipinski definition) is 0. The van der Waals surface area contributed by atoms with Gasteiger partial charge in [0.15, 0.2) is 0 Å². The van der Waals surface area contributed by atoms with E-state index in [9.17, 15) is 0 Å². The SMILES string of the molecule is C=C1SC2=C(Sc3ccc4cc(Sc5ccc(CCC(C)CCCC(C)C)cc5)ccc4c31)c1ccc(Sc3ccc(CCC(C)CCCC(C)C)cc3)cc1CC2. The van der Waals surface area contributed by atoms with E-state index in [1.165, 1.54) is 142 Å². The summed E-state index contributed by atoms with van der Waals surface area (Å²) in [5.74, 6) is 3.23. The Balaban J connectivity index is 0.971. The van der Waals surface area contributed by atoms with Gasteiger partial charge in [-0.05, 0) is 150 Å². The normalized spacial score (nSPS) is 15.1. The van der Waals surface area contributed by atoms with E-state index in [2.05, 4.69) is 145 Å². The number of benzene rings is 5. The zero-order valence-corrected chi connectivity index (χ0v) is 39.1. The van der Waals surface area contributed by atoms with Gasteiger partial charge in [0.05, 0.1) is 0 Å². The topological polar surface area (TPSA) is 0 Å². The third-order valence-electron chi connectivity index (χ3n) is 12.0. The summed E-state index contributed by atoms with van der Waals surface area (Å²) in [6.45, 7) is 18.9. The second kappa shape index (κ2) is 20.7. The van der Waals surface area contributed by atoms with Crippen LogP contribution in [0.25, 0.3) is 20.6 Å². The summed E-state index contributed by atoms with van der Waals surface area (Å²) in [6, 6.07) is 37.5. The fraction of sp³-hybridized carbons (Fsp3) is 0.407. The van der Waals surface area contributed by atoms with Gasteiger partial charge in [-0.2, -0.15) is 0 Å². The predicted molar refractivity (Wildman–Crippen MR) is 262 cm³/mol. The summed E-state index contributed by atoms with van der Waals surface area (Å²) in [4.78, 5) is 10.6. The van der Waals surface area contributed by atoms with Gasteiger partial charge in [0.2, 0.25) is 0 Å². The molecule has 0 aromatic heterocycles. The molecule has 304 valence electrons. The molecule has 0 fully saturated rings. The third-order valence-corrected chi connectivity index (χ3v) is 16.5. The fourth-order valence-electron chi connectivity index (χ4n) is 8.40. The standard InChI is InChI=1S/C54H64S4/c1-36(2)10-8-12-38(5)14-16-41-18-24-45(25-19-41)56-47-28-30-49-43(34-47)22-32-51-53(49)40(7)55-52-33-23-44-35-48(29-31-50(44)54(52)58-51)57-46-26-20-42(21-27-46)17-15-39(6)13-9-11-37(3)4/h18-22,24-32,34-39H,7-17,23,33H2,1-6H3. The van der Waals surface area contributed by atoms with E-state index >= 15 is 0 Å². The second-order valence-corrected chi connectivity index (χ2v) is 22.5. The van der Waals surface area contributed by atoms with Crippen LogP contribution in [0.1, 0.15) is 127 Å². The quantitative estimate of drug-likeness (QED) is 0.0861. The Morgan fingerprint density at radius 1 is 0.552 bits per heavy atom. The van der Waals surface area contributed by atoms with Gasteiger partial charge in [-0.25, -0.2) is 0 Å². The van der Waals surface area contributed by atoms with Gasteiger partial charge in [0, 0.05) is 44.8 Å². The van der Waals surface area contributed by atoms with Crippen LogP contribution in [-0.4, -0.2) is 0 Å². The molecule has 0 N–H and O–H groups in total. The maximum atomic E-state index is 4.67. The first-order valence-electron chi connectivity index (χ1n) is 22.1. The molecule has 2 unspecified atom stereocenters. The summed E-state index contributed by atoms with van der Waals surface area (Å²) < 4.78 is 0. The lowest BCUT2D eigenvalue weighted by Gasteiger charge is -2.22. The van der Waals surface area contributed by atoms with Crippen molar-refractivity contribution in [3.05, 3.63) is 136 Å². The Morgan fingerprint density at radius 3 is 1.69 bits per heavy atom. The molecule has 1 aliphatic carbocycles. The summed E-state index contributed by atoms with van der Waals surface area (Å²) in [7, 11) is 0. The molecule has 4 heteroatoms. The number of allylic oxidation sites excluding steroid dienone is 1. The van der Waals surface area contributed by atoms with Crippen LogP contribution in [0.4, 0.5) is 0 Å². The molecule has 7 rings (SSSR count). The van der Waals surface area contributed by atoms with Crippen molar-refractivity contribution in [2.45, 2.75) is 143 Å². The maximum absolute atomic E-state index is 4.67. The first kappa shape index (κ1) is 43.3. The van der Waals surface area contributed by atoms with E-state index in [0.29, 0.717) is 0 Å². The van der Waals surface area contributed by atoms with E-state index in [1.54, 1.807) is 0 Å². The van der Waals surface area contributed by atoms with Crippen LogP contribution in [0.2, 0.25) is 0 Å². The van der Waals surface area contributed by atoms with Crippen LogP contribution >= 0.6 is 47.0 Å². The third kappa shape index (κ3) is 11.7. The van der Waals surface area contributed by atoms with Crippen molar-refractivity contribution in [3.63, 3.8) is 0 Å². The lowest BCUT2D eigenvalue weighted by molar-refractivity contribution is 0.437. The van der Waals surface area contributed by atoms with E-state index in [0.717, 1.165) is 36.5 Å². The number of fused-ring (bicyclic) bond motifs is 5. The molecule has 0 amide bonds. The molecule has 5 aromatic carbocycles. The number of aryl methyl sites for hydroxylation is 3. The molecule has 1 heterocycles. The van der Waals surface area contributed by atoms with Gasteiger partial charge in [-0.1, -0.05) is 176 Å². The molecule has 2 atom stereocenters. The van der Waals surface area contributed by atoms with Gasteiger partial charge >= 0.3 is 0 Å². The molecule has 58 heavy (non-hydrogen) atoms. The van der Waals surface area contributed by atoms with Gasteiger partial charge < -0.3 is 0 Å². The summed E-state index contributed by atoms with van der Waals surface area (Å²) in [5.41, 5.74) is 7.09. The fourth-order valence-corrected chi connectivity index (χ4v) is 12.7. The Kier molecular flexibility index (Phi) is 15.4. The highest BCUT2D eigenvalue weighted by Crippen LogP contribution is 2.55. The van der Waals surface area contributed by atoms with Gasteiger partial charge in [-0.15, -0.1) is 0 Å². The van der Waals surface area contributed by atoms with E-state index in [-0.39, 0.29) is 0 Å². The smallest absolute Gasteiger partial charge is 0.0296 e. The highest BCUT2D eigenvalue weighted by Gasteiger charge is 2.27. The van der Waals surface area contributed by atoms with Crippen molar-refractivity contribution < 1.29 is 0 Å². The molecule has 2 aliphatic rings. The zero-order valence-electron chi connectivity index (χ0n) is 35.9. The lowest BCUT2D eigenvalue weighted by atomic mass is 9.94. The Hall–Kier alpha value is -2.76. The molecule has 5 aromatic rings. The van der Waals surface area contributed by atoms with Crippen LogP contribution in [-0.2, 0) is 19.3 Å². The van der Waals surface area contributed by atoms with E-state index in [1.807, 2.05) is 47.0 Å². The average molecular weight is 841 g/mol. The van der Waals surface area contributed by atoms with Crippen molar-refractivity contribution in [1.29, 1.82) is 0 Å². The van der Waals surface area contributed by atoms with Crippen molar-refractivity contribution in [2.75, 3.05) is 0 Å². The van der Waals surface area contributed by atoms with Crippen LogP contribution < -0.4 is 0 Å². The van der Waals surface area contributed by atoms with Gasteiger partial charge in [0.1, 0.15) is 0 Å². The summed E-state index contributed by atoms with van der Waals surface area (Å²) in [6.07, 6.45) is 15.2. The number of thioether (sulfide) groups is 2. The molecule has 0 radical (unpaired) electrons. The van der Waals surface area contributed by atoms with Gasteiger partial charge in [0.25, 0.3) is 0 Å². The highest BCUT2D eigenvalue weighted by atomic mass is 32.2. The molecule has 1 aliphatic heterocycles. The molecule has 0 saturated heterocycles. The zero-order chi connectivity index (χ0) is 40.6. The highest BCUT2D eigenvalue weighted by molar-refractivity contribution is 8.15. The van der Waals surface area contributed by atoms with Crippen molar-refractivity contribution in [3.8, 4) is 0 Å². The van der Waals surface area contributed by atoms with Gasteiger partial charge in [-0.3, -0.25) is 0 Å². The minimum atomic E-state index is 0.796. The first-order valence-corrected chi connectivity index (χ1v) is 25.4. The van der Waals surface area contributed by atoms with E-state index < -0.39 is 0 Å². The lowest BCUT2D eigenvalue weighted by Crippen LogP contribution is -2.01. The average Bonchev–Trinajstić information content (AvgIpc) is 3.35. The Labute approximate surface area is 368 Å². The van der Waals surface area contributed by atoms with Crippen molar-refractivity contribution in [1.82, 2.24) is 0 Å². The van der Waals surface area contributed by atoms with Crippen LogP contribution in [0, 0.1) is 23.7 Å². The Bertz CT molecular complexity index is 2190. The minimum absolute atomic E-state index is 0.796. The number of rotatable bonds is 18. The van der Waals surface area contributed by atoms with Crippen molar-refractivity contribution in [2.24, 2.45) is 23.7 Å². The maximum Gasteiger partial charge on any atom is 0.0296 e. The molecule has 0 nitrogen and oxygen atoms in total. The van der Waals surface area contributed by atoms with E-state index in [4.69, 9.17) is 0 Å². The van der Waals surface area contributed by atoms with Crippen molar-refractivity contribution >= 4 is 67.6 Å². The summed E-state index contributed by atoms with van der Waals surface area (Å²) >= 11 is 7.61. The molecule has 0 bridgehead atoms. The predicted octanol–water partition coefficient (Wildman–Crippen LogP) is 18.1. The molecular weight excluding hydrogens is 777 g/mol. The van der Waals surface area contributed by atoms with Crippen LogP contribution in [0.5, 0.6) is 0 Å². The molecule has 0 saturated carbocycles. The number of hydrogen-bond acceptors (Lipinski definition) is 4. The minimum Gasteiger partial charge on any atom is -0.0933 e. The van der Waals surface area contributed by atoms with Crippen LogP contribution in [0.3, 0.4) is 0 Å². The summed E-state index contributed by atoms with van der Waals surface area (Å²) in [5, 5.41) is 2.59. The molecule has 0 spiro atoms. The van der Waals surface area contributed by atoms with Crippen LogP contribution in [0.15, 0.2) is 133 Å². The monoisotopic (exact) mass is 840 g/mol.